The van der Waals surface area contributed by atoms with Crippen molar-refractivity contribution in [3.8, 4) is 5.75 Å². The van der Waals surface area contributed by atoms with Gasteiger partial charge in [-0.3, -0.25) is 14.5 Å². The number of allylic oxidation sites excluding steroid dienone is 1. The molecule has 1 aliphatic carbocycles. The smallest absolute Gasteiger partial charge is 0.455 e. The van der Waals surface area contributed by atoms with E-state index >= 15 is 0 Å². The minimum Gasteiger partial charge on any atom is -0.505 e. The summed E-state index contributed by atoms with van der Waals surface area (Å²) in [6.45, 7) is -0.0318. The lowest BCUT2D eigenvalue weighted by Crippen LogP contribution is -2.46. The summed E-state index contributed by atoms with van der Waals surface area (Å²) >= 11 is 1.49. The highest BCUT2D eigenvalue weighted by Crippen LogP contribution is 2.51. The van der Waals surface area contributed by atoms with Gasteiger partial charge in [0.25, 0.3) is 0 Å². The summed E-state index contributed by atoms with van der Waals surface area (Å²) in [6, 6.07) is 17.6. The summed E-state index contributed by atoms with van der Waals surface area (Å²) in [7, 11) is -1.12. The number of thiophene rings is 1. The van der Waals surface area contributed by atoms with Gasteiger partial charge in [0.15, 0.2) is 11.6 Å². The highest BCUT2D eigenvalue weighted by atomic mass is 32.1. The molecule has 6 rings (SSSR count). The van der Waals surface area contributed by atoms with Crippen molar-refractivity contribution in [3.05, 3.63) is 99.0 Å². The minimum absolute atomic E-state index is 0.177. The second kappa shape index (κ2) is 12.0. The molecule has 0 unspecified atom stereocenters. The zero-order chi connectivity index (χ0) is 29.4. The van der Waals surface area contributed by atoms with Gasteiger partial charge in [-0.25, -0.2) is 4.39 Å². The molecule has 1 aromatic heterocycles. The number of amides is 2. The quantitative estimate of drug-likeness (QED) is 0.150. The summed E-state index contributed by atoms with van der Waals surface area (Å²) < 4.78 is 20.1. The Hall–Kier alpha value is -3.57. The van der Waals surface area contributed by atoms with E-state index in [1.807, 2.05) is 53.9 Å². The van der Waals surface area contributed by atoms with Crippen LogP contribution >= 0.6 is 11.3 Å². The molecule has 42 heavy (non-hydrogen) atoms. The molecule has 4 atom stereocenters. The van der Waals surface area contributed by atoms with Crippen LogP contribution < -0.4 is 0 Å². The first kappa shape index (κ1) is 28.5. The number of benzene rings is 2. The van der Waals surface area contributed by atoms with Crippen molar-refractivity contribution >= 4 is 41.9 Å². The number of likely N-dealkylation sites (tertiary alicyclic amines) is 1. The lowest BCUT2D eigenvalue weighted by Gasteiger charge is -2.43. The lowest BCUT2D eigenvalue weighted by molar-refractivity contribution is -0.140. The minimum atomic E-state index is -1.12. The van der Waals surface area contributed by atoms with Gasteiger partial charge < -0.3 is 19.9 Å². The van der Waals surface area contributed by atoms with Crippen LogP contribution in [0.25, 0.3) is 11.6 Å². The van der Waals surface area contributed by atoms with Crippen molar-refractivity contribution < 1.29 is 33.9 Å². The number of phenolic OH excluding ortho intramolecular Hbond substituents is 1. The van der Waals surface area contributed by atoms with Crippen LogP contribution in [-0.4, -0.2) is 51.8 Å². The number of hydrogen-bond donors (Lipinski definition) is 3. The van der Waals surface area contributed by atoms with Gasteiger partial charge in [0, 0.05) is 4.88 Å². The number of aliphatic hydroxyl groups excluding tert-OH is 1. The number of fused-ring (bicyclic) bond motifs is 3. The first-order valence-electron chi connectivity index (χ1n) is 14.1. The fourth-order valence-electron chi connectivity index (χ4n) is 6.74. The predicted octanol–water partition coefficient (Wildman–Crippen LogP) is 4.90. The monoisotopic (exact) mass is 587 g/mol. The molecule has 10 heteroatoms. The van der Waals surface area contributed by atoms with E-state index in [4.69, 9.17) is 4.65 Å². The Morgan fingerprint density at radius 1 is 1.10 bits per heavy atom. The zero-order valence-electron chi connectivity index (χ0n) is 22.9. The first-order chi connectivity index (χ1) is 20.3. The maximum atomic E-state index is 14.1. The van der Waals surface area contributed by atoms with Gasteiger partial charge in [0.05, 0.1) is 31.1 Å². The fraction of sp³-hybridized carbons (Fsp3) is 0.312. The molecule has 216 valence electrons. The summed E-state index contributed by atoms with van der Waals surface area (Å²) in [4.78, 5) is 29.4. The number of rotatable bonds is 8. The van der Waals surface area contributed by atoms with E-state index in [0.29, 0.717) is 24.0 Å². The van der Waals surface area contributed by atoms with Gasteiger partial charge in [-0.15, -0.1) is 11.3 Å². The van der Waals surface area contributed by atoms with Gasteiger partial charge in [-0.2, -0.15) is 0 Å². The van der Waals surface area contributed by atoms with Gasteiger partial charge >= 0.3 is 7.12 Å². The molecule has 0 spiro atoms. The van der Waals surface area contributed by atoms with Crippen LogP contribution in [-0.2, 0) is 20.8 Å². The van der Waals surface area contributed by atoms with Crippen molar-refractivity contribution in [1.82, 2.24) is 4.90 Å². The van der Waals surface area contributed by atoms with Crippen molar-refractivity contribution in [2.75, 3.05) is 6.61 Å². The molecule has 3 heterocycles. The second-order valence-corrected chi connectivity index (χ2v) is 12.1. The van der Waals surface area contributed by atoms with Crippen LogP contribution in [0.5, 0.6) is 5.75 Å². The van der Waals surface area contributed by atoms with E-state index in [-0.39, 0.29) is 37.7 Å². The third-order valence-electron chi connectivity index (χ3n) is 8.62. The molecule has 3 aromatic rings. The van der Waals surface area contributed by atoms with E-state index in [1.54, 1.807) is 6.07 Å². The lowest BCUT2D eigenvalue weighted by atomic mass is 9.58. The number of phenols is 1. The predicted molar refractivity (Wildman–Crippen MR) is 158 cm³/mol. The molecular weight excluding hydrogens is 556 g/mol. The molecule has 7 nitrogen and oxygen atoms in total. The van der Waals surface area contributed by atoms with E-state index in [9.17, 15) is 29.2 Å². The number of nitrogens with zero attached hydrogens (tertiary/aromatic N) is 1. The number of carbonyl (C=O) groups excluding carboxylic acids is 2. The van der Waals surface area contributed by atoms with E-state index in [0.717, 1.165) is 21.6 Å². The summed E-state index contributed by atoms with van der Waals surface area (Å²) in [6.07, 6.45) is 2.67. The number of hydrogen-bond acceptors (Lipinski definition) is 7. The van der Waals surface area contributed by atoms with Crippen LogP contribution in [0.3, 0.4) is 0 Å². The van der Waals surface area contributed by atoms with Crippen molar-refractivity contribution in [2.24, 2.45) is 17.8 Å². The molecule has 2 fully saturated rings. The topological polar surface area (TPSA) is 107 Å². The van der Waals surface area contributed by atoms with Crippen LogP contribution in [0.2, 0.25) is 6.32 Å². The van der Waals surface area contributed by atoms with Crippen LogP contribution in [0, 0.1) is 23.6 Å². The van der Waals surface area contributed by atoms with Crippen molar-refractivity contribution in [3.63, 3.8) is 0 Å². The Morgan fingerprint density at radius 2 is 1.90 bits per heavy atom. The van der Waals surface area contributed by atoms with Crippen LogP contribution in [0.15, 0.2) is 77.2 Å². The summed E-state index contributed by atoms with van der Waals surface area (Å²) in [5.41, 5.74) is 3.92. The highest BCUT2D eigenvalue weighted by Gasteiger charge is 2.57. The number of imide groups is 1. The molecular formula is C32H31BFNO6S. The summed E-state index contributed by atoms with van der Waals surface area (Å²) in [5.74, 6) is -3.18. The molecule has 0 radical (unpaired) electrons. The number of aromatic hydroxyl groups is 1. The third-order valence-corrected chi connectivity index (χ3v) is 9.48. The largest absolute Gasteiger partial charge is 0.505 e. The Kier molecular flexibility index (Phi) is 8.14. The molecule has 0 saturated carbocycles. The molecule has 2 aromatic carbocycles. The molecule has 0 bridgehead atoms. The third kappa shape index (κ3) is 5.47. The Bertz CT molecular complexity index is 1540. The van der Waals surface area contributed by atoms with Crippen molar-refractivity contribution in [2.45, 2.75) is 38.2 Å². The average Bonchev–Trinajstić information content (AvgIpc) is 3.59. The highest BCUT2D eigenvalue weighted by molar-refractivity contribution is 7.09. The molecule has 3 N–H and O–H groups in total. The number of halogens is 1. The maximum Gasteiger partial charge on any atom is 0.455 e. The van der Waals surface area contributed by atoms with E-state index in [1.165, 1.54) is 28.4 Å². The normalized spacial score (nSPS) is 24.3. The van der Waals surface area contributed by atoms with Gasteiger partial charge in [-0.05, 0) is 82.9 Å². The zero-order valence-corrected chi connectivity index (χ0v) is 23.7. The first-order valence-corrected chi connectivity index (χ1v) is 15.0. The van der Waals surface area contributed by atoms with Gasteiger partial charge in [0.1, 0.15) is 0 Å². The van der Waals surface area contributed by atoms with E-state index < -0.39 is 42.5 Å². The summed E-state index contributed by atoms with van der Waals surface area (Å²) in [5, 5.41) is 32.7. The number of carbonyl (C=O) groups is 2. The Morgan fingerprint density at radius 3 is 2.62 bits per heavy atom. The Labute approximate surface area is 247 Å². The average molecular weight is 587 g/mol. The van der Waals surface area contributed by atoms with Crippen LogP contribution in [0.1, 0.15) is 35.3 Å². The van der Waals surface area contributed by atoms with Gasteiger partial charge in [0.2, 0.25) is 11.8 Å². The Balaban J connectivity index is 1.29. The number of aliphatic hydroxyl groups is 1. The molecule has 2 saturated heterocycles. The van der Waals surface area contributed by atoms with Crippen molar-refractivity contribution in [1.29, 1.82) is 0 Å². The fourth-order valence-corrected chi connectivity index (χ4v) is 7.43. The molecule has 2 aliphatic heterocycles. The van der Waals surface area contributed by atoms with Gasteiger partial charge in [-0.1, -0.05) is 48.5 Å². The second-order valence-electron chi connectivity index (χ2n) is 11.1. The van der Waals surface area contributed by atoms with Crippen LogP contribution in [0.4, 0.5) is 4.39 Å². The van der Waals surface area contributed by atoms with E-state index in [2.05, 4.69) is 0 Å². The standard InChI is InChI=1S/C32H31BFNO6S/c34-26-14-19(8-10-27(26)37)13-21(20-5-2-1-3-6-20)9-11-28-29-22(18-36)15-24-30(25(29)16-33(40)41-28)32(39)35(31(24)38)17-23-7-4-12-42-23/h1-8,10,12-14,24-25,28,30,36-37,40H,9,11,15-18H2/b21-13-/t24-,25+,28-,30-/m1/s1. The maximum absolute atomic E-state index is 14.1. The molecule has 2 amide bonds. The molecule has 3 aliphatic rings. The SMILES string of the molecule is O=C1[C@@H]2[C@@H](CC(CO)=C3[C@@H](CC/C(=C/c4ccc(O)c(F)c4)c4ccccc4)OB(O)C[C@@H]32)C(=O)N1Cc1cccs1.